The number of hydrogen-bond donors (Lipinski definition) is 2. The lowest BCUT2D eigenvalue weighted by Crippen LogP contribution is -2.45. The number of rotatable bonds is 4. The van der Waals surface area contributed by atoms with E-state index in [1.807, 2.05) is 6.26 Å². The van der Waals surface area contributed by atoms with Crippen molar-refractivity contribution in [2.75, 3.05) is 18.5 Å². The maximum Gasteiger partial charge on any atom is 0.254 e. The number of halogens is 2. The second kappa shape index (κ2) is 5.36. The number of thioether (sulfide) groups is 1. The molecular formula is C13H16F2N2OS. The minimum atomic E-state index is -0.893. The van der Waals surface area contributed by atoms with Gasteiger partial charge in [0.1, 0.15) is 11.6 Å². The standard InChI is InChI=1S/C13H16F2N2OS/c1-19-13(3-2-4-13)7-17-12(18)8-5-11(16)10(15)6-9(8)14/h5-6H,2-4,7,16H2,1H3,(H,17,18). The molecule has 0 radical (unpaired) electrons. The minimum absolute atomic E-state index is 0.0672. The first-order valence-corrected chi connectivity index (χ1v) is 7.28. The fraction of sp³-hybridized carbons (Fsp3) is 0.462. The van der Waals surface area contributed by atoms with E-state index < -0.39 is 17.5 Å². The van der Waals surface area contributed by atoms with Gasteiger partial charge >= 0.3 is 0 Å². The highest BCUT2D eigenvalue weighted by molar-refractivity contribution is 8.00. The summed E-state index contributed by atoms with van der Waals surface area (Å²) in [5.41, 5.74) is 4.91. The van der Waals surface area contributed by atoms with Gasteiger partial charge < -0.3 is 11.1 Å². The van der Waals surface area contributed by atoms with Crippen LogP contribution in [0, 0.1) is 11.6 Å². The summed E-state index contributed by atoms with van der Waals surface area (Å²) in [6.07, 6.45) is 5.24. The van der Waals surface area contributed by atoms with E-state index in [1.54, 1.807) is 11.8 Å². The number of carbonyl (C=O) groups is 1. The average molecular weight is 286 g/mol. The molecule has 104 valence electrons. The molecule has 2 rings (SSSR count). The first-order chi connectivity index (χ1) is 8.97. The quantitative estimate of drug-likeness (QED) is 0.836. The first-order valence-electron chi connectivity index (χ1n) is 6.05. The molecular weight excluding hydrogens is 270 g/mol. The summed E-state index contributed by atoms with van der Waals surface area (Å²) in [4.78, 5) is 11.9. The maximum absolute atomic E-state index is 13.5. The van der Waals surface area contributed by atoms with Crippen LogP contribution in [0.3, 0.4) is 0 Å². The van der Waals surface area contributed by atoms with Gasteiger partial charge in [0.2, 0.25) is 0 Å². The van der Waals surface area contributed by atoms with Crippen molar-refractivity contribution in [3.63, 3.8) is 0 Å². The number of amides is 1. The Bertz CT molecular complexity index is 498. The van der Waals surface area contributed by atoms with E-state index in [0.29, 0.717) is 12.6 Å². The van der Waals surface area contributed by atoms with Crippen LogP contribution in [0.5, 0.6) is 0 Å². The van der Waals surface area contributed by atoms with E-state index in [1.165, 1.54) is 0 Å². The van der Waals surface area contributed by atoms with Crippen molar-refractivity contribution in [2.24, 2.45) is 0 Å². The smallest absolute Gasteiger partial charge is 0.254 e. The fourth-order valence-corrected chi connectivity index (χ4v) is 3.01. The SMILES string of the molecule is CSC1(CNC(=O)c2cc(N)c(F)cc2F)CCC1. The Labute approximate surface area is 114 Å². The normalized spacial score (nSPS) is 16.8. The largest absolute Gasteiger partial charge is 0.396 e. The number of nitrogens with one attached hydrogen (secondary N) is 1. The number of carbonyl (C=O) groups excluding carboxylic acids is 1. The lowest BCUT2D eigenvalue weighted by molar-refractivity contribution is 0.0940. The monoisotopic (exact) mass is 286 g/mol. The van der Waals surface area contributed by atoms with Gasteiger partial charge in [-0.25, -0.2) is 8.78 Å². The van der Waals surface area contributed by atoms with Crippen LogP contribution in [-0.2, 0) is 0 Å². The van der Waals surface area contributed by atoms with Crippen molar-refractivity contribution < 1.29 is 13.6 Å². The zero-order valence-corrected chi connectivity index (χ0v) is 11.4. The van der Waals surface area contributed by atoms with Crippen LogP contribution in [0.1, 0.15) is 29.6 Å². The van der Waals surface area contributed by atoms with Gasteiger partial charge in [-0.1, -0.05) is 6.42 Å². The molecule has 3 N–H and O–H groups in total. The number of nitrogen functional groups attached to an aromatic ring is 1. The van der Waals surface area contributed by atoms with Crippen molar-refractivity contribution in [3.8, 4) is 0 Å². The second-order valence-electron chi connectivity index (χ2n) is 4.78. The molecule has 1 aliphatic rings. The Morgan fingerprint density at radius 1 is 1.42 bits per heavy atom. The highest BCUT2D eigenvalue weighted by Crippen LogP contribution is 2.42. The van der Waals surface area contributed by atoms with Crippen LogP contribution in [0.15, 0.2) is 12.1 Å². The summed E-state index contributed by atoms with van der Waals surface area (Å²) in [5.74, 6) is -2.30. The number of hydrogen-bond acceptors (Lipinski definition) is 3. The Hall–Kier alpha value is -1.30. The Morgan fingerprint density at radius 2 is 2.11 bits per heavy atom. The van der Waals surface area contributed by atoms with Crippen molar-refractivity contribution >= 4 is 23.4 Å². The molecule has 3 nitrogen and oxygen atoms in total. The summed E-state index contributed by atoms with van der Waals surface area (Å²) in [6.45, 7) is 0.490. The molecule has 1 saturated carbocycles. The predicted molar refractivity (Wildman–Crippen MR) is 73.2 cm³/mol. The van der Waals surface area contributed by atoms with Crippen LogP contribution in [-0.4, -0.2) is 23.5 Å². The molecule has 19 heavy (non-hydrogen) atoms. The van der Waals surface area contributed by atoms with Gasteiger partial charge in [-0.15, -0.1) is 0 Å². The molecule has 0 aliphatic heterocycles. The zero-order valence-electron chi connectivity index (χ0n) is 10.6. The van der Waals surface area contributed by atoms with Crippen LogP contribution in [0.4, 0.5) is 14.5 Å². The molecule has 1 aromatic rings. The minimum Gasteiger partial charge on any atom is -0.396 e. The molecule has 1 amide bonds. The van der Waals surface area contributed by atoms with Gasteiger partial charge in [0.25, 0.3) is 5.91 Å². The molecule has 0 aromatic heterocycles. The number of anilines is 1. The van der Waals surface area contributed by atoms with Crippen LogP contribution in [0.25, 0.3) is 0 Å². The average Bonchev–Trinajstić information content (AvgIpc) is 2.32. The Morgan fingerprint density at radius 3 is 2.63 bits per heavy atom. The summed E-state index contributed by atoms with van der Waals surface area (Å²) in [6, 6.07) is 1.67. The highest BCUT2D eigenvalue weighted by atomic mass is 32.2. The van der Waals surface area contributed by atoms with E-state index in [0.717, 1.165) is 25.3 Å². The van der Waals surface area contributed by atoms with E-state index in [-0.39, 0.29) is 16.0 Å². The maximum atomic E-state index is 13.5. The third kappa shape index (κ3) is 2.83. The molecule has 0 unspecified atom stereocenters. The lowest BCUT2D eigenvalue weighted by Gasteiger charge is -2.40. The third-order valence-corrected chi connectivity index (χ3v) is 5.02. The second-order valence-corrected chi connectivity index (χ2v) is 6.05. The molecule has 0 spiro atoms. The third-order valence-electron chi connectivity index (χ3n) is 3.60. The molecule has 0 bridgehead atoms. The molecule has 1 aliphatic carbocycles. The zero-order chi connectivity index (χ0) is 14.0. The summed E-state index contributed by atoms with van der Waals surface area (Å²) < 4.78 is 26.6. The van der Waals surface area contributed by atoms with Crippen molar-refractivity contribution in [1.29, 1.82) is 0 Å². The Balaban J connectivity index is 2.06. The van der Waals surface area contributed by atoms with Gasteiger partial charge in [0.15, 0.2) is 0 Å². The van der Waals surface area contributed by atoms with Gasteiger partial charge in [0.05, 0.1) is 11.3 Å². The topological polar surface area (TPSA) is 55.1 Å². The van der Waals surface area contributed by atoms with Gasteiger partial charge in [-0.05, 0) is 25.2 Å². The summed E-state index contributed by atoms with van der Waals surface area (Å²) >= 11 is 1.71. The van der Waals surface area contributed by atoms with Gasteiger partial charge in [0, 0.05) is 17.4 Å². The van der Waals surface area contributed by atoms with E-state index in [4.69, 9.17) is 5.73 Å². The molecule has 0 heterocycles. The molecule has 1 fully saturated rings. The highest BCUT2D eigenvalue weighted by Gasteiger charge is 2.36. The van der Waals surface area contributed by atoms with E-state index in [9.17, 15) is 13.6 Å². The molecule has 6 heteroatoms. The van der Waals surface area contributed by atoms with Crippen molar-refractivity contribution in [1.82, 2.24) is 5.32 Å². The summed E-state index contributed by atoms with van der Waals surface area (Å²) in [5, 5.41) is 2.70. The van der Waals surface area contributed by atoms with Gasteiger partial charge in [-0.2, -0.15) is 11.8 Å². The molecule has 0 atom stereocenters. The van der Waals surface area contributed by atoms with Crippen LogP contribution in [0.2, 0.25) is 0 Å². The van der Waals surface area contributed by atoms with Crippen molar-refractivity contribution in [2.45, 2.75) is 24.0 Å². The Kier molecular flexibility index (Phi) is 3.99. The van der Waals surface area contributed by atoms with Crippen LogP contribution >= 0.6 is 11.8 Å². The molecule has 0 saturated heterocycles. The molecule has 1 aromatic carbocycles. The first kappa shape index (κ1) is 14.1. The van der Waals surface area contributed by atoms with Crippen LogP contribution < -0.4 is 11.1 Å². The van der Waals surface area contributed by atoms with Crippen molar-refractivity contribution in [3.05, 3.63) is 29.3 Å². The number of nitrogens with two attached hydrogens (primary N) is 1. The predicted octanol–water partition coefficient (Wildman–Crippen LogP) is 2.56. The van der Waals surface area contributed by atoms with Gasteiger partial charge in [-0.3, -0.25) is 4.79 Å². The van der Waals surface area contributed by atoms with E-state index >= 15 is 0 Å². The fourth-order valence-electron chi connectivity index (χ4n) is 2.10. The lowest BCUT2D eigenvalue weighted by atomic mass is 9.84. The number of benzene rings is 1. The van der Waals surface area contributed by atoms with E-state index in [2.05, 4.69) is 5.32 Å². The summed E-state index contributed by atoms with van der Waals surface area (Å²) in [7, 11) is 0.